The highest BCUT2D eigenvalue weighted by Crippen LogP contribution is 2.35. The third-order valence-electron chi connectivity index (χ3n) is 5.06. The number of hydrogen-bond donors (Lipinski definition) is 1. The molecule has 0 saturated carbocycles. The number of para-hydroxylation sites is 1. The maximum absolute atomic E-state index is 13.8. The fourth-order valence-corrected chi connectivity index (χ4v) is 3.71. The minimum Gasteiger partial charge on any atom is -0.345 e. The van der Waals surface area contributed by atoms with Crippen LogP contribution in [0.3, 0.4) is 0 Å². The molecule has 1 N–H and O–H groups in total. The van der Waals surface area contributed by atoms with E-state index in [9.17, 15) is 18.0 Å². The minimum atomic E-state index is -4.72. The van der Waals surface area contributed by atoms with E-state index in [4.69, 9.17) is 0 Å². The lowest BCUT2D eigenvalue weighted by atomic mass is 10.1. The number of carbonyl (C=O) groups excluding carboxylic acids is 1. The first kappa shape index (κ1) is 18.3. The van der Waals surface area contributed by atoms with E-state index in [0.29, 0.717) is 17.7 Å². The number of aromatic nitrogens is 2. The number of alkyl halides is 3. The van der Waals surface area contributed by atoms with E-state index >= 15 is 0 Å². The van der Waals surface area contributed by atoms with Crippen LogP contribution >= 0.6 is 0 Å². The standard InChI is InChI=1S/C21H18F3N3O/c1-13-6-2-5-9-18(13)27-19(21(22,23)24)16(12-25-27)20(28)26-17-11-10-14-7-3-4-8-15(14)17/h2-9,12,17H,10-11H2,1H3,(H,26,28)/t17-/m0/s1. The lowest BCUT2D eigenvalue weighted by Crippen LogP contribution is -2.29. The molecule has 1 amide bonds. The van der Waals surface area contributed by atoms with Crippen molar-refractivity contribution in [3.63, 3.8) is 0 Å². The number of fused-ring (bicyclic) bond motifs is 1. The summed E-state index contributed by atoms with van der Waals surface area (Å²) < 4.78 is 42.3. The number of carbonyl (C=O) groups is 1. The van der Waals surface area contributed by atoms with Gasteiger partial charge in [0.1, 0.15) is 0 Å². The van der Waals surface area contributed by atoms with Crippen LogP contribution in [0.25, 0.3) is 5.69 Å². The van der Waals surface area contributed by atoms with Crippen molar-refractivity contribution >= 4 is 5.91 Å². The van der Waals surface area contributed by atoms with Crippen LogP contribution < -0.4 is 5.32 Å². The first-order valence-electron chi connectivity index (χ1n) is 8.96. The Kier molecular flexibility index (Phi) is 4.45. The first-order chi connectivity index (χ1) is 13.4. The summed E-state index contributed by atoms with van der Waals surface area (Å²) in [5.41, 5.74) is 1.45. The second-order valence-electron chi connectivity index (χ2n) is 6.87. The predicted molar refractivity (Wildman–Crippen MR) is 98.3 cm³/mol. The van der Waals surface area contributed by atoms with E-state index in [1.165, 1.54) is 0 Å². The average Bonchev–Trinajstić information content (AvgIpc) is 3.27. The van der Waals surface area contributed by atoms with Crippen molar-refractivity contribution in [2.75, 3.05) is 0 Å². The number of amides is 1. The van der Waals surface area contributed by atoms with Gasteiger partial charge in [0.2, 0.25) is 0 Å². The lowest BCUT2D eigenvalue weighted by Gasteiger charge is -2.16. The van der Waals surface area contributed by atoms with Gasteiger partial charge >= 0.3 is 6.18 Å². The van der Waals surface area contributed by atoms with E-state index in [1.54, 1.807) is 31.2 Å². The molecule has 4 rings (SSSR count). The highest BCUT2D eigenvalue weighted by molar-refractivity contribution is 5.95. The van der Waals surface area contributed by atoms with Gasteiger partial charge in [0.15, 0.2) is 5.69 Å². The molecule has 1 aromatic heterocycles. The van der Waals surface area contributed by atoms with Gasteiger partial charge < -0.3 is 5.32 Å². The highest BCUT2D eigenvalue weighted by atomic mass is 19.4. The zero-order chi connectivity index (χ0) is 19.9. The Bertz CT molecular complexity index is 1040. The summed E-state index contributed by atoms with van der Waals surface area (Å²) >= 11 is 0. The molecule has 7 heteroatoms. The largest absolute Gasteiger partial charge is 0.434 e. The van der Waals surface area contributed by atoms with Crippen LogP contribution in [0.5, 0.6) is 0 Å². The van der Waals surface area contributed by atoms with E-state index < -0.39 is 23.3 Å². The van der Waals surface area contributed by atoms with Crippen molar-refractivity contribution in [1.82, 2.24) is 15.1 Å². The molecule has 2 aromatic carbocycles. The normalized spacial score (nSPS) is 16.1. The highest BCUT2D eigenvalue weighted by Gasteiger charge is 2.41. The Morgan fingerprint density at radius 1 is 1.14 bits per heavy atom. The van der Waals surface area contributed by atoms with E-state index in [0.717, 1.165) is 28.4 Å². The molecular weight excluding hydrogens is 367 g/mol. The fourth-order valence-electron chi connectivity index (χ4n) is 3.71. The fraction of sp³-hybridized carbons (Fsp3) is 0.238. The van der Waals surface area contributed by atoms with E-state index in [-0.39, 0.29) is 6.04 Å². The Morgan fingerprint density at radius 3 is 2.61 bits per heavy atom. The van der Waals surface area contributed by atoms with Crippen LogP contribution in [0.1, 0.15) is 45.2 Å². The SMILES string of the molecule is Cc1ccccc1-n1ncc(C(=O)N[C@H]2CCc3ccccc32)c1C(F)(F)F. The monoisotopic (exact) mass is 385 g/mol. The summed E-state index contributed by atoms with van der Waals surface area (Å²) in [6.45, 7) is 1.70. The van der Waals surface area contributed by atoms with Crippen LogP contribution in [0, 0.1) is 6.92 Å². The first-order valence-corrected chi connectivity index (χ1v) is 8.96. The smallest absolute Gasteiger partial charge is 0.345 e. The van der Waals surface area contributed by atoms with Gasteiger partial charge in [-0.1, -0.05) is 42.5 Å². The number of nitrogens with one attached hydrogen (secondary N) is 1. The van der Waals surface area contributed by atoms with Gasteiger partial charge in [-0.2, -0.15) is 18.3 Å². The Hall–Kier alpha value is -3.09. The maximum atomic E-state index is 13.8. The molecule has 3 aromatic rings. The number of benzene rings is 2. The summed E-state index contributed by atoms with van der Waals surface area (Å²) in [6.07, 6.45) is -2.28. The van der Waals surface area contributed by atoms with E-state index in [1.807, 2.05) is 24.3 Å². The van der Waals surface area contributed by atoms with Crippen LogP contribution in [-0.4, -0.2) is 15.7 Å². The van der Waals surface area contributed by atoms with Crippen molar-refractivity contribution in [3.05, 3.63) is 82.7 Å². The lowest BCUT2D eigenvalue weighted by molar-refractivity contribution is -0.143. The van der Waals surface area contributed by atoms with Crippen molar-refractivity contribution in [3.8, 4) is 5.69 Å². The second kappa shape index (κ2) is 6.82. The van der Waals surface area contributed by atoms with Gasteiger partial charge in [-0.3, -0.25) is 4.79 Å². The third kappa shape index (κ3) is 3.17. The average molecular weight is 385 g/mol. The Morgan fingerprint density at radius 2 is 1.86 bits per heavy atom. The third-order valence-corrected chi connectivity index (χ3v) is 5.06. The van der Waals surface area contributed by atoms with Crippen LogP contribution in [-0.2, 0) is 12.6 Å². The molecule has 4 nitrogen and oxygen atoms in total. The summed E-state index contributed by atoms with van der Waals surface area (Å²) in [6, 6.07) is 14.0. The molecule has 0 bridgehead atoms. The van der Waals surface area contributed by atoms with Crippen molar-refractivity contribution < 1.29 is 18.0 Å². The van der Waals surface area contributed by atoms with Crippen molar-refractivity contribution in [2.24, 2.45) is 0 Å². The number of halogens is 3. The van der Waals surface area contributed by atoms with Gasteiger partial charge in [0.05, 0.1) is 23.5 Å². The molecule has 1 aliphatic rings. The second-order valence-corrected chi connectivity index (χ2v) is 6.87. The van der Waals surface area contributed by atoms with Gasteiger partial charge in [0, 0.05) is 0 Å². The summed E-state index contributed by atoms with van der Waals surface area (Å²) in [7, 11) is 0. The minimum absolute atomic E-state index is 0.292. The van der Waals surface area contributed by atoms with Gasteiger partial charge in [-0.05, 0) is 42.5 Å². The van der Waals surface area contributed by atoms with Gasteiger partial charge in [-0.25, -0.2) is 4.68 Å². The van der Waals surface area contributed by atoms with Crippen molar-refractivity contribution in [2.45, 2.75) is 32.0 Å². The number of hydrogen-bond acceptors (Lipinski definition) is 2. The van der Waals surface area contributed by atoms with Gasteiger partial charge in [-0.15, -0.1) is 0 Å². The number of rotatable bonds is 3. The summed E-state index contributed by atoms with van der Waals surface area (Å²) in [5.74, 6) is -0.770. The molecule has 0 spiro atoms. The molecule has 1 heterocycles. The van der Waals surface area contributed by atoms with Crippen LogP contribution in [0.2, 0.25) is 0 Å². The van der Waals surface area contributed by atoms with Crippen LogP contribution in [0.4, 0.5) is 13.2 Å². The number of aryl methyl sites for hydroxylation is 2. The summed E-state index contributed by atoms with van der Waals surface area (Å²) in [5, 5.41) is 6.64. The zero-order valence-electron chi connectivity index (χ0n) is 15.1. The van der Waals surface area contributed by atoms with Crippen LogP contribution in [0.15, 0.2) is 54.7 Å². The van der Waals surface area contributed by atoms with E-state index in [2.05, 4.69) is 10.4 Å². The van der Waals surface area contributed by atoms with Gasteiger partial charge in [0.25, 0.3) is 5.91 Å². The zero-order valence-corrected chi connectivity index (χ0v) is 15.1. The maximum Gasteiger partial charge on any atom is 0.434 e. The molecular formula is C21H18F3N3O. The molecule has 1 atom stereocenters. The Labute approximate surface area is 160 Å². The summed E-state index contributed by atoms with van der Waals surface area (Å²) in [4.78, 5) is 12.7. The van der Waals surface area contributed by atoms with Crippen molar-refractivity contribution in [1.29, 1.82) is 0 Å². The molecule has 0 aliphatic heterocycles. The quantitative estimate of drug-likeness (QED) is 0.715. The molecule has 0 fully saturated rings. The molecule has 0 radical (unpaired) electrons. The molecule has 28 heavy (non-hydrogen) atoms. The molecule has 144 valence electrons. The molecule has 0 unspecified atom stereocenters. The molecule has 0 saturated heterocycles. The number of nitrogens with zero attached hydrogens (tertiary/aromatic N) is 2. The topological polar surface area (TPSA) is 46.9 Å². The predicted octanol–water partition coefficient (Wildman–Crippen LogP) is 4.62. The molecule has 1 aliphatic carbocycles. The Balaban J connectivity index is 1.71.